The number of rotatable bonds is 51. The fraction of sp³-hybridized carbons (Fsp3) is 0.672. The standard InChI is InChI=1S/C67H108O12/c1-4-7-10-13-16-19-22-25-28-29-30-31-34-35-38-41-44-47-50-53-59(68)75-56-58(77-60(69)54-51-48-45-42-39-36-32-26-23-20-17-14-11-8-5-2)57-76-67-65(63(72)62(71)64(79-67)66(73)74)78-61(70)55-52-49-46-43-40-37-33-27-24-21-18-15-12-9-6-3/h7,9-10,12,16,18-19,21,25-28,30-33,35,38,58,62-65,67,71-72H,4-6,8,11,13-15,17,20,22-24,29,34,36-37,39-57H2,1-3H3,(H,73,74)/b10-7-,12-9-,19-16-,21-18-,28-25-,31-30-,32-26-,33-27-,38-35-. The second-order valence-corrected chi connectivity index (χ2v) is 20.6. The van der Waals surface area contributed by atoms with Gasteiger partial charge in [-0.05, 0) is 122 Å². The van der Waals surface area contributed by atoms with Gasteiger partial charge in [0.25, 0.3) is 0 Å². The van der Waals surface area contributed by atoms with Crippen LogP contribution in [0.4, 0.5) is 0 Å². The SMILES string of the molecule is CC/C=C\C/C=C\C/C=C\C/C=C\C/C=C\CCCCCC(=O)OCC(COC1OC(C(=O)O)C(O)C(O)C1OC(=O)CCCCCCC/C=C\C/C=C\C/C=C\CC)OC(=O)CCCCCCC/C=C\CCCCCCCC. The van der Waals surface area contributed by atoms with Crippen LogP contribution in [0.1, 0.15) is 239 Å². The highest BCUT2D eigenvalue weighted by molar-refractivity contribution is 5.74. The summed E-state index contributed by atoms with van der Waals surface area (Å²) < 4.78 is 28.4. The van der Waals surface area contributed by atoms with Crippen LogP contribution in [0.5, 0.6) is 0 Å². The first-order valence-corrected chi connectivity index (χ1v) is 30.9. The molecule has 1 aliphatic rings. The van der Waals surface area contributed by atoms with Gasteiger partial charge in [-0.3, -0.25) is 14.4 Å². The smallest absolute Gasteiger partial charge is 0.335 e. The summed E-state index contributed by atoms with van der Waals surface area (Å²) in [6.45, 7) is 5.72. The molecule has 0 aromatic heterocycles. The highest BCUT2D eigenvalue weighted by Crippen LogP contribution is 2.26. The molecule has 0 aromatic carbocycles. The molecular weight excluding hydrogens is 997 g/mol. The normalized spacial score (nSPS) is 18.6. The van der Waals surface area contributed by atoms with Crippen molar-refractivity contribution >= 4 is 23.9 Å². The summed E-state index contributed by atoms with van der Waals surface area (Å²) >= 11 is 0. The van der Waals surface area contributed by atoms with Crippen molar-refractivity contribution in [3.63, 3.8) is 0 Å². The van der Waals surface area contributed by atoms with E-state index in [4.69, 9.17) is 23.7 Å². The number of carbonyl (C=O) groups is 4. The molecule has 6 unspecified atom stereocenters. The summed E-state index contributed by atoms with van der Waals surface area (Å²) in [7, 11) is 0. The van der Waals surface area contributed by atoms with Crippen molar-refractivity contribution < 1.29 is 58.2 Å². The molecule has 1 fully saturated rings. The van der Waals surface area contributed by atoms with Crippen LogP contribution in [-0.4, -0.2) is 89.2 Å². The van der Waals surface area contributed by atoms with Crippen molar-refractivity contribution in [1.29, 1.82) is 0 Å². The predicted molar refractivity (Wildman–Crippen MR) is 321 cm³/mol. The predicted octanol–water partition coefficient (Wildman–Crippen LogP) is 16.2. The Hall–Kier alpha value is -4.62. The van der Waals surface area contributed by atoms with Gasteiger partial charge in [0.1, 0.15) is 18.8 Å². The quantitative estimate of drug-likeness (QED) is 0.0228. The van der Waals surface area contributed by atoms with Gasteiger partial charge in [0, 0.05) is 19.3 Å². The Labute approximate surface area is 478 Å². The summed E-state index contributed by atoms with van der Waals surface area (Å²) in [5, 5.41) is 31.5. The highest BCUT2D eigenvalue weighted by atomic mass is 16.7. The van der Waals surface area contributed by atoms with Gasteiger partial charge < -0.3 is 39.0 Å². The third-order valence-electron chi connectivity index (χ3n) is 13.3. The Bertz CT molecular complexity index is 1790. The molecule has 1 heterocycles. The van der Waals surface area contributed by atoms with Gasteiger partial charge in [-0.15, -0.1) is 0 Å². The summed E-state index contributed by atoms with van der Waals surface area (Å²) in [5.41, 5.74) is 0. The average Bonchev–Trinajstić information content (AvgIpc) is 3.46. The number of hydrogen-bond acceptors (Lipinski definition) is 11. The lowest BCUT2D eigenvalue weighted by Crippen LogP contribution is -2.61. The van der Waals surface area contributed by atoms with E-state index < -0.39 is 67.3 Å². The molecule has 0 amide bonds. The van der Waals surface area contributed by atoms with Crippen molar-refractivity contribution in [2.45, 2.75) is 276 Å². The van der Waals surface area contributed by atoms with Gasteiger partial charge in [0.15, 0.2) is 24.6 Å². The second-order valence-electron chi connectivity index (χ2n) is 20.6. The minimum Gasteiger partial charge on any atom is -0.479 e. The van der Waals surface area contributed by atoms with Gasteiger partial charge >= 0.3 is 23.9 Å². The largest absolute Gasteiger partial charge is 0.479 e. The maximum Gasteiger partial charge on any atom is 0.335 e. The molecule has 6 atom stereocenters. The Morgan fingerprint density at radius 1 is 0.430 bits per heavy atom. The Kier molecular flexibility index (Phi) is 49.5. The average molecular weight is 1110 g/mol. The Morgan fingerprint density at radius 2 is 0.797 bits per heavy atom. The maximum atomic E-state index is 13.2. The van der Waals surface area contributed by atoms with E-state index in [1.54, 1.807) is 0 Å². The molecule has 79 heavy (non-hydrogen) atoms. The first kappa shape index (κ1) is 72.4. The minimum atomic E-state index is -1.92. The van der Waals surface area contributed by atoms with Gasteiger partial charge in [0.05, 0.1) is 6.61 Å². The molecule has 448 valence electrons. The molecule has 3 N–H and O–H groups in total. The van der Waals surface area contributed by atoms with Gasteiger partial charge in [-0.25, -0.2) is 4.79 Å². The van der Waals surface area contributed by atoms with E-state index in [0.717, 1.165) is 141 Å². The number of aliphatic hydroxyl groups is 2. The first-order chi connectivity index (χ1) is 38.6. The third kappa shape index (κ3) is 43.8. The monoisotopic (exact) mass is 1100 g/mol. The Balaban J connectivity index is 2.72. The number of esters is 3. The van der Waals surface area contributed by atoms with E-state index in [2.05, 4.69) is 130 Å². The third-order valence-corrected chi connectivity index (χ3v) is 13.3. The van der Waals surface area contributed by atoms with Crippen LogP contribution in [0.2, 0.25) is 0 Å². The lowest BCUT2D eigenvalue weighted by molar-refractivity contribution is -0.301. The van der Waals surface area contributed by atoms with E-state index in [-0.39, 0.29) is 25.9 Å². The van der Waals surface area contributed by atoms with Crippen molar-refractivity contribution in [2.75, 3.05) is 13.2 Å². The molecule has 0 bridgehead atoms. The highest BCUT2D eigenvalue weighted by Gasteiger charge is 2.50. The fourth-order valence-corrected chi connectivity index (χ4v) is 8.64. The van der Waals surface area contributed by atoms with Crippen LogP contribution >= 0.6 is 0 Å². The zero-order chi connectivity index (χ0) is 57.5. The van der Waals surface area contributed by atoms with Crippen LogP contribution in [0.25, 0.3) is 0 Å². The van der Waals surface area contributed by atoms with Crippen molar-refractivity contribution in [3.05, 3.63) is 109 Å². The molecule has 0 aromatic rings. The van der Waals surface area contributed by atoms with Crippen LogP contribution in [0.3, 0.4) is 0 Å². The topological polar surface area (TPSA) is 175 Å². The van der Waals surface area contributed by atoms with Crippen molar-refractivity contribution in [1.82, 2.24) is 0 Å². The van der Waals surface area contributed by atoms with E-state index in [9.17, 15) is 34.5 Å². The van der Waals surface area contributed by atoms with E-state index >= 15 is 0 Å². The molecule has 0 spiro atoms. The minimum absolute atomic E-state index is 0.0318. The van der Waals surface area contributed by atoms with Crippen LogP contribution in [-0.2, 0) is 42.9 Å². The summed E-state index contributed by atoms with van der Waals surface area (Å²) in [5.74, 6) is -3.20. The number of unbranched alkanes of at least 4 members (excludes halogenated alkanes) is 19. The maximum absolute atomic E-state index is 13.2. The van der Waals surface area contributed by atoms with Gasteiger partial charge in [-0.1, -0.05) is 207 Å². The molecule has 0 radical (unpaired) electrons. The molecule has 1 rings (SSSR count). The molecular formula is C67H108O12. The van der Waals surface area contributed by atoms with E-state index in [0.29, 0.717) is 19.3 Å². The van der Waals surface area contributed by atoms with Crippen LogP contribution < -0.4 is 0 Å². The van der Waals surface area contributed by atoms with Crippen LogP contribution in [0.15, 0.2) is 109 Å². The molecule has 1 aliphatic heterocycles. The van der Waals surface area contributed by atoms with Gasteiger partial charge in [-0.2, -0.15) is 0 Å². The number of allylic oxidation sites excluding steroid dienone is 18. The number of carboxylic acid groups (broad SMARTS) is 1. The van der Waals surface area contributed by atoms with Crippen molar-refractivity contribution in [2.24, 2.45) is 0 Å². The summed E-state index contributed by atoms with van der Waals surface area (Å²) in [6, 6.07) is 0. The number of carboxylic acids is 1. The molecule has 1 saturated heterocycles. The second kappa shape index (κ2) is 54.0. The van der Waals surface area contributed by atoms with Crippen LogP contribution in [0, 0.1) is 0 Å². The first-order valence-electron chi connectivity index (χ1n) is 30.9. The lowest BCUT2D eigenvalue weighted by Gasteiger charge is -2.40. The number of aliphatic carboxylic acids is 1. The molecule has 12 heteroatoms. The molecule has 0 saturated carbocycles. The number of carbonyl (C=O) groups excluding carboxylic acids is 3. The van der Waals surface area contributed by atoms with Gasteiger partial charge in [0.2, 0.25) is 0 Å². The van der Waals surface area contributed by atoms with E-state index in [1.807, 2.05) is 0 Å². The molecule has 12 nitrogen and oxygen atoms in total. The lowest BCUT2D eigenvalue weighted by atomic mass is 9.98. The number of aliphatic hydroxyl groups excluding tert-OH is 2. The zero-order valence-corrected chi connectivity index (χ0v) is 49.3. The van der Waals surface area contributed by atoms with Crippen molar-refractivity contribution in [3.8, 4) is 0 Å². The zero-order valence-electron chi connectivity index (χ0n) is 49.3. The number of ether oxygens (including phenoxy) is 5. The molecule has 0 aliphatic carbocycles. The van der Waals surface area contributed by atoms with E-state index in [1.165, 1.54) is 38.5 Å². The Morgan fingerprint density at radius 3 is 1.24 bits per heavy atom. The fourth-order valence-electron chi connectivity index (χ4n) is 8.64. The number of hydrogen-bond donors (Lipinski definition) is 3. The summed E-state index contributed by atoms with van der Waals surface area (Å²) in [4.78, 5) is 51.2. The summed E-state index contributed by atoms with van der Waals surface area (Å²) in [6.07, 6.45) is 60.5.